The van der Waals surface area contributed by atoms with E-state index in [0.29, 0.717) is 16.5 Å². The highest BCUT2D eigenvalue weighted by molar-refractivity contribution is 6.30. The van der Waals surface area contributed by atoms with E-state index in [1.807, 2.05) is 6.07 Å². The third-order valence-electron chi connectivity index (χ3n) is 3.90. The standard InChI is InChI=1S/C23H28ClN3O5/c1-23(2,3)32-22(30)25-12-11-20(28)26-14-16-5-4-6-18(13-16)27-21(29)15-31-19-9-7-17(24)8-10-19/h4-10,13H,11-12,14-15H2,1-3H3,(H,25,30)(H,26,28)(H,27,29). The number of amides is 3. The van der Waals surface area contributed by atoms with Gasteiger partial charge in [-0.15, -0.1) is 0 Å². The number of hydrogen-bond donors (Lipinski definition) is 3. The van der Waals surface area contributed by atoms with Crippen LogP contribution in [-0.2, 0) is 20.9 Å². The van der Waals surface area contributed by atoms with Crippen LogP contribution in [0.4, 0.5) is 10.5 Å². The molecule has 0 heterocycles. The maximum atomic E-state index is 12.1. The maximum Gasteiger partial charge on any atom is 0.407 e. The van der Waals surface area contributed by atoms with Gasteiger partial charge in [0.25, 0.3) is 5.91 Å². The van der Waals surface area contributed by atoms with E-state index in [4.69, 9.17) is 21.1 Å². The quantitative estimate of drug-likeness (QED) is 0.525. The molecule has 0 aliphatic rings. The minimum absolute atomic E-state index is 0.123. The Hall–Kier alpha value is -3.26. The molecule has 0 saturated carbocycles. The molecule has 0 radical (unpaired) electrons. The van der Waals surface area contributed by atoms with Gasteiger partial charge in [0.05, 0.1) is 0 Å². The Morgan fingerprint density at radius 1 is 0.969 bits per heavy atom. The average molecular weight is 462 g/mol. The van der Waals surface area contributed by atoms with Crippen LogP contribution in [0.5, 0.6) is 5.75 Å². The second kappa shape index (κ2) is 12.0. The molecule has 32 heavy (non-hydrogen) atoms. The van der Waals surface area contributed by atoms with Crippen molar-refractivity contribution >= 4 is 35.2 Å². The van der Waals surface area contributed by atoms with Gasteiger partial charge in [-0.3, -0.25) is 9.59 Å². The Labute approximate surface area is 192 Å². The van der Waals surface area contributed by atoms with Gasteiger partial charge in [-0.2, -0.15) is 0 Å². The first-order valence-electron chi connectivity index (χ1n) is 10.1. The monoisotopic (exact) mass is 461 g/mol. The third kappa shape index (κ3) is 10.2. The van der Waals surface area contributed by atoms with Crippen LogP contribution in [0.25, 0.3) is 0 Å². The van der Waals surface area contributed by atoms with Gasteiger partial charge in [-0.1, -0.05) is 23.7 Å². The zero-order chi connectivity index (χ0) is 23.6. The first-order valence-corrected chi connectivity index (χ1v) is 10.5. The van der Waals surface area contributed by atoms with Gasteiger partial charge < -0.3 is 25.4 Å². The van der Waals surface area contributed by atoms with Crippen LogP contribution < -0.4 is 20.7 Å². The zero-order valence-corrected chi connectivity index (χ0v) is 19.1. The lowest BCUT2D eigenvalue weighted by Gasteiger charge is -2.19. The molecule has 0 spiro atoms. The average Bonchev–Trinajstić information content (AvgIpc) is 2.71. The van der Waals surface area contributed by atoms with Crippen LogP contribution in [0.15, 0.2) is 48.5 Å². The first kappa shape index (κ1) is 25.0. The molecule has 0 saturated heterocycles. The summed E-state index contributed by atoms with van der Waals surface area (Å²) >= 11 is 5.82. The van der Waals surface area contributed by atoms with Gasteiger partial charge in [0, 0.05) is 30.2 Å². The summed E-state index contributed by atoms with van der Waals surface area (Å²) in [6.45, 7) is 5.61. The molecule has 0 unspecified atom stereocenters. The highest BCUT2D eigenvalue weighted by atomic mass is 35.5. The molecule has 0 aromatic heterocycles. The number of hydrogen-bond acceptors (Lipinski definition) is 5. The third-order valence-corrected chi connectivity index (χ3v) is 4.16. The fourth-order valence-electron chi connectivity index (χ4n) is 2.52. The fraction of sp³-hybridized carbons (Fsp3) is 0.348. The Bertz CT molecular complexity index is 926. The lowest BCUT2D eigenvalue weighted by atomic mass is 10.2. The summed E-state index contributed by atoms with van der Waals surface area (Å²) in [5.74, 6) is 0.0170. The van der Waals surface area contributed by atoms with E-state index >= 15 is 0 Å². The Morgan fingerprint density at radius 2 is 1.69 bits per heavy atom. The number of anilines is 1. The summed E-state index contributed by atoms with van der Waals surface area (Å²) in [6.07, 6.45) is -0.439. The van der Waals surface area contributed by atoms with E-state index < -0.39 is 11.7 Å². The van der Waals surface area contributed by atoms with Gasteiger partial charge in [-0.05, 0) is 62.7 Å². The van der Waals surface area contributed by atoms with Crippen LogP contribution in [0.1, 0.15) is 32.8 Å². The van der Waals surface area contributed by atoms with Crippen LogP contribution in [-0.4, -0.2) is 36.7 Å². The normalized spacial score (nSPS) is 10.8. The zero-order valence-electron chi connectivity index (χ0n) is 18.4. The van der Waals surface area contributed by atoms with Crippen LogP contribution in [0.2, 0.25) is 5.02 Å². The van der Waals surface area contributed by atoms with Gasteiger partial charge in [0.15, 0.2) is 6.61 Å². The summed E-state index contributed by atoms with van der Waals surface area (Å²) in [7, 11) is 0. The second-order valence-corrected chi connectivity index (χ2v) is 8.38. The Balaban J connectivity index is 1.71. The number of alkyl carbamates (subject to hydrolysis) is 1. The molecule has 3 N–H and O–H groups in total. The number of halogens is 1. The summed E-state index contributed by atoms with van der Waals surface area (Å²) in [5.41, 5.74) is 0.817. The summed E-state index contributed by atoms with van der Waals surface area (Å²) in [6, 6.07) is 13.8. The molecular formula is C23H28ClN3O5. The van der Waals surface area contributed by atoms with Gasteiger partial charge >= 0.3 is 6.09 Å². The molecule has 172 valence electrons. The van der Waals surface area contributed by atoms with Crippen molar-refractivity contribution in [3.8, 4) is 5.75 Å². The van der Waals surface area contributed by atoms with Crippen molar-refractivity contribution in [2.45, 2.75) is 39.3 Å². The van der Waals surface area contributed by atoms with Crippen molar-refractivity contribution in [2.24, 2.45) is 0 Å². The molecule has 0 atom stereocenters. The lowest BCUT2D eigenvalue weighted by molar-refractivity contribution is -0.121. The predicted octanol–water partition coefficient (Wildman–Crippen LogP) is 3.89. The Kier molecular flexibility index (Phi) is 9.34. The summed E-state index contributed by atoms with van der Waals surface area (Å²) in [5, 5.41) is 8.65. The largest absolute Gasteiger partial charge is 0.484 e. The van der Waals surface area contributed by atoms with Crippen LogP contribution in [0.3, 0.4) is 0 Å². The molecule has 8 nitrogen and oxygen atoms in total. The number of rotatable bonds is 9. The molecule has 0 bridgehead atoms. The molecule has 0 fully saturated rings. The van der Waals surface area contributed by atoms with E-state index in [0.717, 1.165) is 5.56 Å². The fourth-order valence-corrected chi connectivity index (χ4v) is 2.64. The van der Waals surface area contributed by atoms with E-state index in [2.05, 4.69) is 16.0 Å². The number of nitrogens with one attached hydrogen (secondary N) is 3. The SMILES string of the molecule is CC(C)(C)OC(=O)NCCC(=O)NCc1cccc(NC(=O)COc2ccc(Cl)cc2)c1. The van der Waals surface area contributed by atoms with Crippen molar-refractivity contribution in [3.05, 3.63) is 59.1 Å². The number of benzene rings is 2. The molecule has 2 aromatic carbocycles. The number of ether oxygens (including phenoxy) is 2. The van der Waals surface area contributed by atoms with Crippen molar-refractivity contribution in [2.75, 3.05) is 18.5 Å². The van der Waals surface area contributed by atoms with Gasteiger partial charge in [0.1, 0.15) is 11.4 Å². The Morgan fingerprint density at radius 3 is 2.38 bits per heavy atom. The molecule has 2 rings (SSSR count). The van der Waals surface area contributed by atoms with Crippen molar-refractivity contribution in [1.29, 1.82) is 0 Å². The van der Waals surface area contributed by atoms with E-state index in [9.17, 15) is 14.4 Å². The minimum atomic E-state index is -0.589. The smallest absolute Gasteiger partial charge is 0.407 e. The van der Waals surface area contributed by atoms with E-state index in [1.54, 1.807) is 63.2 Å². The van der Waals surface area contributed by atoms with E-state index in [1.165, 1.54) is 0 Å². The number of carbonyl (C=O) groups excluding carboxylic acids is 3. The summed E-state index contributed by atoms with van der Waals surface area (Å²) < 4.78 is 10.5. The van der Waals surface area contributed by atoms with Crippen molar-refractivity contribution in [3.63, 3.8) is 0 Å². The van der Waals surface area contributed by atoms with Crippen molar-refractivity contribution < 1.29 is 23.9 Å². The maximum absolute atomic E-state index is 12.1. The molecule has 2 aromatic rings. The van der Waals surface area contributed by atoms with Gasteiger partial charge in [-0.25, -0.2) is 4.79 Å². The second-order valence-electron chi connectivity index (χ2n) is 7.95. The topological polar surface area (TPSA) is 106 Å². The highest BCUT2D eigenvalue weighted by Crippen LogP contribution is 2.16. The first-order chi connectivity index (χ1) is 15.1. The molecular weight excluding hydrogens is 434 g/mol. The van der Waals surface area contributed by atoms with Crippen molar-refractivity contribution in [1.82, 2.24) is 10.6 Å². The van der Waals surface area contributed by atoms with Crippen LogP contribution >= 0.6 is 11.6 Å². The molecule has 9 heteroatoms. The highest BCUT2D eigenvalue weighted by Gasteiger charge is 2.15. The van der Waals surface area contributed by atoms with Gasteiger partial charge in [0.2, 0.25) is 5.91 Å². The molecule has 3 amide bonds. The minimum Gasteiger partial charge on any atom is -0.484 e. The number of carbonyl (C=O) groups is 3. The summed E-state index contributed by atoms with van der Waals surface area (Å²) in [4.78, 5) is 35.7. The van der Waals surface area contributed by atoms with E-state index in [-0.39, 0.29) is 37.9 Å². The lowest BCUT2D eigenvalue weighted by Crippen LogP contribution is -2.35. The molecule has 0 aliphatic heterocycles. The molecule has 0 aliphatic carbocycles. The van der Waals surface area contributed by atoms with Crippen LogP contribution in [0, 0.1) is 0 Å². The predicted molar refractivity (Wildman–Crippen MR) is 123 cm³/mol.